The standard InChI is InChI=1S/C16H19N3O5/c1-3-9-17-16(23)19-13(20)10-24-15(22)11(2)18-14(21)12-7-5-4-6-8-12/h3-8,11H,1,9-10H2,2H3,(H,18,21)(H2,17,19,20,23)/t11-/m0/s1. The first-order chi connectivity index (χ1) is 11.4. The lowest BCUT2D eigenvalue weighted by Gasteiger charge is -2.13. The molecular weight excluding hydrogens is 314 g/mol. The van der Waals surface area contributed by atoms with Crippen LogP contribution in [-0.4, -0.2) is 43.0 Å². The number of rotatable bonds is 7. The van der Waals surface area contributed by atoms with Gasteiger partial charge >= 0.3 is 12.0 Å². The van der Waals surface area contributed by atoms with Crippen molar-refractivity contribution in [3.8, 4) is 0 Å². The summed E-state index contributed by atoms with van der Waals surface area (Å²) in [7, 11) is 0. The van der Waals surface area contributed by atoms with Gasteiger partial charge in [0.25, 0.3) is 11.8 Å². The van der Waals surface area contributed by atoms with Crippen molar-refractivity contribution in [2.45, 2.75) is 13.0 Å². The van der Waals surface area contributed by atoms with Crippen molar-refractivity contribution in [2.75, 3.05) is 13.2 Å². The van der Waals surface area contributed by atoms with Crippen LogP contribution in [0.1, 0.15) is 17.3 Å². The Morgan fingerprint density at radius 2 is 1.88 bits per heavy atom. The summed E-state index contributed by atoms with van der Waals surface area (Å²) < 4.78 is 4.74. The van der Waals surface area contributed by atoms with E-state index >= 15 is 0 Å². The second-order valence-electron chi connectivity index (χ2n) is 4.72. The van der Waals surface area contributed by atoms with E-state index in [1.807, 2.05) is 5.32 Å². The maximum Gasteiger partial charge on any atom is 0.328 e. The zero-order chi connectivity index (χ0) is 17.9. The molecule has 8 heteroatoms. The van der Waals surface area contributed by atoms with Gasteiger partial charge in [-0.3, -0.25) is 14.9 Å². The van der Waals surface area contributed by atoms with E-state index in [9.17, 15) is 19.2 Å². The van der Waals surface area contributed by atoms with E-state index in [0.29, 0.717) is 5.56 Å². The van der Waals surface area contributed by atoms with Crippen LogP contribution in [0.15, 0.2) is 43.0 Å². The molecule has 0 aliphatic carbocycles. The van der Waals surface area contributed by atoms with E-state index in [1.54, 1.807) is 30.3 Å². The number of urea groups is 1. The zero-order valence-electron chi connectivity index (χ0n) is 13.2. The molecule has 0 spiro atoms. The summed E-state index contributed by atoms with van der Waals surface area (Å²) in [6.07, 6.45) is 1.45. The lowest BCUT2D eigenvalue weighted by Crippen LogP contribution is -2.43. The average molecular weight is 333 g/mol. The van der Waals surface area contributed by atoms with Gasteiger partial charge in [0.05, 0.1) is 0 Å². The maximum atomic E-state index is 11.9. The van der Waals surface area contributed by atoms with Crippen LogP contribution < -0.4 is 16.0 Å². The minimum atomic E-state index is -0.944. The molecule has 0 saturated heterocycles. The zero-order valence-corrected chi connectivity index (χ0v) is 13.2. The highest BCUT2D eigenvalue weighted by atomic mass is 16.5. The highest BCUT2D eigenvalue weighted by molar-refractivity contribution is 5.97. The molecule has 8 nitrogen and oxygen atoms in total. The maximum absolute atomic E-state index is 11.9. The van der Waals surface area contributed by atoms with Crippen molar-refractivity contribution >= 4 is 23.8 Å². The van der Waals surface area contributed by atoms with Crippen molar-refractivity contribution in [3.05, 3.63) is 48.6 Å². The number of carbonyl (C=O) groups is 4. The molecule has 0 bridgehead atoms. The Morgan fingerprint density at radius 3 is 2.50 bits per heavy atom. The molecule has 1 aromatic carbocycles. The lowest BCUT2D eigenvalue weighted by atomic mass is 10.2. The fourth-order valence-corrected chi connectivity index (χ4v) is 1.56. The third-order valence-electron chi connectivity index (χ3n) is 2.74. The second kappa shape index (κ2) is 9.78. The largest absolute Gasteiger partial charge is 0.454 e. The molecule has 0 saturated carbocycles. The van der Waals surface area contributed by atoms with Crippen LogP contribution in [0.5, 0.6) is 0 Å². The van der Waals surface area contributed by atoms with Crippen LogP contribution in [0.25, 0.3) is 0 Å². The monoisotopic (exact) mass is 333 g/mol. The molecule has 4 amide bonds. The summed E-state index contributed by atoms with van der Waals surface area (Å²) in [5.74, 6) is -2.01. The molecule has 0 unspecified atom stereocenters. The Bertz CT molecular complexity index is 615. The van der Waals surface area contributed by atoms with Crippen LogP contribution in [-0.2, 0) is 14.3 Å². The number of carbonyl (C=O) groups excluding carboxylic acids is 4. The normalized spacial score (nSPS) is 10.9. The molecule has 0 radical (unpaired) electrons. The minimum Gasteiger partial charge on any atom is -0.454 e. The number of amides is 4. The predicted molar refractivity (Wildman–Crippen MR) is 86.1 cm³/mol. The molecule has 0 aromatic heterocycles. The van der Waals surface area contributed by atoms with Gasteiger partial charge in [-0.25, -0.2) is 9.59 Å². The number of hydrogen-bond acceptors (Lipinski definition) is 5. The third kappa shape index (κ3) is 6.73. The molecule has 1 atom stereocenters. The number of imide groups is 1. The van der Waals surface area contributed by atoms with Crippen LogP contribution in [0.2, 0.25) is 0 Å². The highest BCUT2D eigenvalue weighted by Crippen LogP contribution is 1.99. The smallest absolute Gasteiger partial charge is 0.328 e. The number of hydrogen-bond donors (Lipinski definition) is 3. The quantitative estimate of drug-likeness (QED) is 0.492. The van der Waals surface area contributed by atoms with Gasteiger partial charge in [-0.1, -0.05) is 24.3 Å². The number of esters is 1. The van der Waals surface area contributed by atoms with Gasteiger partial charge in [0.1, 0.15) is 6.04 Å². The van der Waals surface area contributed by atoms with Gasteiger partial charge < -0.3 is 15.4 Å². The highest BCUT2D eigenvalue weighted by Gasteiger charge is 2.19. The second-order valence-corrected chi connectivity index (χ2v) is 4.72. The molecule has 0 fully saturated rings. The van der Waals surface area contributed by atoms with Crippen molar-refractivity contribution in [1.29, 1.82) is 0 Å². The van der Waals surface area contributed by atoms with E-state index < -0.39 is 36.5 Å². The van der Waals surface area contributed by atoms with Crippen molar-refractivity contribution in [1.82, 2.24) is 16.0 Å². The Hall–Kier alpha value is -3.16. The first-order valence-electron chi connectivity index (χ1n) is 7.15. The van der Waals surface area contributed by atoms with E-state index in [4.69, 9.17) is 4.74 Å². The van der Waals surface area contributed by atoms with E-state index in [-0.39, 0.29) is 6.54 Å². The number of nitrogens with one attached hydrogen (secondary N) is 3. The summed E-state index contributed by atoms with van der Waals surface area (Å²) in [5, 5.41) is 6.76. The topological polar surface area (TPSA) is 114 Å². The van der Waals surface area contributed by atoms with E-state index in [0.717, 1.165) is 0 Å². The molecule has 0 aliphatic rings. The number of ether oxygens (including phenoxy) is 1. The SMILES string of the molecule is C=CCNC(=O)NC(=O)COC(=O)[C@H](C)NC(=O)c1ccccc1. The fraction of sp³-hybridized carbons (Fsp3) is 0.250. The van der Waals surface area contributed by atoms with Crippen molar-refractivity contribution in [3.63, 3.8) is 0 Å². The minimum absolute atomic E-state index is 0.196. The van der Waals surface area contributed by atoms with Gasteiger partial charge in [0.2, 0.25) is 0 Å². The third-order valence-corrected chi connectivity index (χ3v) is 2.74. The number of benzene rings is 1. The predicted octanol–water partition coefficient (Wildman–Crippen LogP) is 0.360. The Balaban J connectivity index is 2.36. The average Bonchev–Trinajstić information content (AvgIpc) is 2.58. The summed E-state index contributed by atoms with van der Waals surface area (Å²) in [4.78, 5) is 46.3. The van der Waals surface area contributed by atoms with E-state index in [2.05, 4.69) is 17.2 Å². The summed E-state index contributed by atoms with van der Waals surface area (Å²) >= 11 is 0. The first-order valence-corrected chi connectivity index (χ1v) is 7.15. The summed E-state index contributed by atoms with van der Waals surface area (Å²) in [6.45, 7) is 4.40. The Labute approximate surface area is 139 Å². The van der Waals surface area contributed by atoms with Crippen molar-refractivity contribution < 1.29 is 23.9 Å². The molecule has 24 heavy (non-hydrogen) atoms. The van der Waals surface area contributed by atoms with E-state index in [1.165, 1.54) is 13.0 Å². The molecule has 0 heterocycles. The fourth-order valence-electron chi connectivity index (χ4n) is 1.56. The van der Waals surface area contributed by atoms with Gasteiger partial charge in [0.15, 0.2) is 6.61 Å². The molecule has 3 N–H and O–H groups in total. The molecule has 1 aromatic rings. The van der Waals surface area contributed by atoms with Crippen molar-refractivity contribution in [2.24, 2.45) is 0 Å². The molecule has 128 valence electrons. The van der Waals surface area contributed by atoms with Crippen LogP contribution >= 0.6 is 0 Å². The molecular formula is C16H19N3O5. The molecule has 0 aliphatic heterocycles. The van der Waals surface area contributed by atoms with Gasteiger partial charge in [-0.05, 0) is 19.1 Å². The van der Waals surface area contributed by atoms with Gasteiger partial charge in [0, 0.05) is 12.1 Å². The molecule has 1 rings (SSSR count). The van der Waals surface area contributed by atoms with Crippen LogP contribution in [0.4, 0.5) is 4.79 Å². The van der Waals surface area contributed by atoms with Gasteiger partial charge in [-0.2, -0.15) is 0 Å². The summed E-state index contributed by atoms with van der Waals surface area (Å²) in [6, 6.07) is 6.68. The summed E-state index contributed by atoms with van der Waals surface area (Å²) in [5.41, 5.74) is 0.397. The Morgan fingerprint density at radius 1 is 1.21 bits per heavy atom. The van der Waals surface area contributed by atoms with Crippen LogP contribution in [0.3, 0.4) is 0 Å². The first kappa shape index (κ1) is 18.9. The van der Waals surface area contributed by atoms with Gasteiger partial charge in [-0.15, -0.1) is 6.58 Å². The van der Waals surface area contributed by atoms with Crippen LogP contribution in [0, 0.1) is 0 Å². The Kier molecular flexibility index (Phi) is 7.69. The lowest BCUT2D eigenvalue weighted by molar-refractivity contribution is -0.149.